The Bertz CT molecular complexity index is 694. The quantitative estimate of drug-likeness (QED) is 0.883. The Morgan fingerprint density at radius 1 is 1.04 bits per heavy atom. The van der Waals surface area contributed by atoms with Gasteiger partial charge in [-0.2, -0.15) is 0 Å². The highest BCUT2D eigenvalue weighted by Crippen LogP contribution is 2.31. The summed E-state index contributed by atoms with van der Waals surface area (Å²) in [7, 11) is 0. The van der Waals surface area contributed by atoms with Crippen molar-refractivity contribution in [1.29, 1.82) is 0 Å². The molecule has 0 aliphatic carbocycles. The summed E-state index contributed by atoms with van der Waals surface area (Å²) in [5.41, 5.74) is 10.8. The first-order chi connectivity index (χ1) is 10.8. The van der Waals surface area contributed by atoms with Crippen molar-refractivity contribution < 1.29 is 14.6 Å². The van der Waals surface area contributed by atoms with E-state index in [4.69, 9.17) is 15.6 Å². The second-order valence-electron chi connectivity index (χ2n) is 6.13. The maximum atomic E-state index is 10.9. The molecule has 1 unspecified atom stereocenters. The number of aliphatic carboxylic acids is 1. The molecule has 0 fully saturated rings. The van der Waals surface area contributed by atoms with Crippen LogP contribution in [0.1, 0.15) is 27.8 Å². The third-order valence-corrected chi connectivity index (χ3v) is 3.71. The second kappa shape index (κ2) is 6.84. The Morgan fingerprint density at radius 3 is 2.04 bits per heavy atom. The van der Waals surface area contributed by atoms with Crippen LogP contribution in [0.25, 0.3) is 0 Å². The van der Waals surface area contributed by atoms with Gasteiger partial charge in [0.15, 0.2) is 0 Å². The van der Waals surface area contributed by atoms with Gasteiger partial charge in [-0.25, -0.2) is 0 Å². The fraction of sp³-hybridized carbons (Fsp3) is 0.316. The fourth-order valence-electron chi connectivity index (χ4n) is 2.77. The molecule has 4 nitrogen and oxygen atoms in total. The Labute approximate surface area is 136 Å². The van der Waals surface area contributed by atoms with Crippen LogP contribution in [0.3, 0.4) is 0 Å². The smallest absolute Gasteiger partial charge is 0.320 e. The van der Waals surface area contributed by atoms with Crippen LogP contribution < -0.4 is 10.5 Å². The minimum Gasteiger partial charge on any atom is -0.480 e. The molecule has 2 aromatic carbocycles. The minimum atomic E-state index is -0.990. The summed E-state index contributed by atoms with van der Waals surface area (Å²) in [5, 5.41) is 8.93. The molecular formula is C19H23NO3. The first-order valence-corrected chi connectivity index (χ1v) is 7.61. The van der Waals surface area contributed by atoms with E-state index in [1.54, 1.807) is 0 Å². The number of hydrogen-bond acceptors (Lipinski definition) is 3. The largest absolute Gasteiger partial charge is 0.480 e. The Morgan fingerprint density at radius 2 is 1.57 bits per heavy atom. The molecule has 0 amide bonds. The van der Waals surface area contributed by atoms with E-state index in [1.165, 1.54) is 0 Å². The zero-order valence-corrected chi connectivity index (χ0v) is 14.0. The van der Waals surface area contributed by atoms with Crippen molar-refractivity contribution >= 4 is 5.97 Å². The number of carbonyl (C=O) groups is 1. The molecule has 2 aromatic rings. The SMILES string of the molecule is Cc1cc(C)cc(Oc2c(C)cc(CC(N)C(=O)O)cc2C)c1. The van der Waals surface area contributed by atoms with Crippen LogP contribution in [0.15, 0.2) is 30.3 Å². The number of aryl methyl sites for hydroxylation is 4. The summed E-state index contributed by atoms with van der Waals surface area (Å²) in [5.74, 6) is 0.627. The summed E-state index contributed by atoms with van der Waals surface area (Å²) < 4.78 is 6.06. The van der Waals surface area contributed by atoms with Crippen molar-refractivity contribution in [3.63, 3.8) is 0 Å². The van der Waals surface area contributed by atoms with Crippen molar-refractivity contribution in [2.45, 2.75) is 40.2 Å². The molecule has 0 aromatic heterocycles. The van der Waals surface area contributed by atoms with Gasteiger partial charge in [-0.3, -0.25) is 4.79 Å². The van der Waals surface area contributed by atoms with Crippen LogP contribution in [-0.4, -0.2) is 17.1 Å². The Hall–Kier alpha value is -2.33. The predicted molar refractivity (Wildman–Crippen MR) is 91.2 cm³/mol. The van der Waals surface area contributed by atoms with Crippen LogP contribution in [0.4, 0.5) is 0 Å². The third kappa shape index (κ3) is 4.33. The Kier molecular flexibility index (Phi) is 5.06. The van der Waals surface area contributed by atoms with E-state index in [9.17, 15) is 4.79 Å². The first kappa shape index (κ1) is 17.0. The highest BCUT2D eigenvalue weighted by molar-refractivity contribution is 5.73. The normalized spacial score (nSPS) is 12.0. The topological polar surface area (TPSA) is 72.5 Å². The van der Waals surface area contributed by atoms with Gasteiger partial charge in [0.05, 0.1) is 0 Å². The summed E-state index contributed by atoms with van der Waals surface area (Å²) >= 11 is 0. The molecule has 0 heterocycles. The standard InChI is InChI=1S/C19H23NO3/c1-11-5-12(2)7-16(6-11)23-18-13(3)8-15(9-14(18)4)10-17(20)19(21)22/h5-9,17H,10,20H2,1-4H3,(H,21,22). The van der Waals surface area contributed by atoms with Gasteiger partial charge in [0.2, 0.25) is 0 Å². The lowest BCUT2D eigenvalue weighted by Crippen LogP contribution is -2.32. The lowest BCUT2D eigenvalue weighted by molar-refractivity contribution is -0.138. The number of carboxylic acids is 1. The van der Waals surface area contributed by atoms with Crippen molar-refractivity contribution in [2.75, 3.05) is 0 Å². The summed E-state index contributed by atoms with van der Waals surface area (Å²) in [6.07, 6.45) is 0.306. The maximum Gasteiger partial charge on any atom is 0.320 e. The number of hydrogen-bond donors (Lipinski definition) is 2. The van der Waals surface area contributed by atoms with Gasteiger partial charge < -0.3 is 15.6 Å². The van der Waals surface area contributed by atoms with E-state index in [-0.39, 0.29) is 0 Å². The molecule has 0 saturated carbocycles. The van der Waals surface area contributed by atoms with Gasteiger partial charge in [0.1, 0.15) is 17.5 Å². The number of ether oxygens (including phenoxy) is 1. The number of carboxylic acid groups (broad SMARTS) is 1. The van der Waals surface area contributed by atoms with Crippen molar-refractivity contribution in [1.82, 2.24) is 0 Å². The average Bonchev–Trinajstić information content (AvgIpc) is 2.41. The minimum absolute atomic E-state index is 0.306. The van der Waals surface area contributed by atoms with E-state index in [1.807, 2.05) is 52.0 Å². The van der Waals surface area contributed by atoms with E-state index in [0.29, 0.717) is 6.42 Å². The fourth-order valence-corrected chi connectivity index (χ4v) is 2.77. The van der Waals surface area contributed by atoms with E-state index >= 15 is 0 Å². The number of nitrogens with two attached hydrogens (primary N) is 1. The van der Waals surface area contributed by atoms with Crippen LogP contribution in [0.2, 0.25) is 0 Å². The first-order valence-electron chi connectivity index (χ1n) is 7.61. The van der Waals surface area contributed by atoms with E-state index in [0.717, 1.165) is 39.3 Å². The lowest BCUT2D eigenvalue weighted by atomic mass is 10.0. The Balaban J connectivity index is 2.28. The summed E-state index contributed by atoms with van der Waals surface area (Å²) in [6.45, 7) is 7.99. The van der Waals surface area contributed by atoms with E-state index in [2.05, 4.69) is 6.07 Å². The molecule has 0 aliphatic rings. The van der Waals surface area contributed by atoms with Gasteiger partial charge >= 0.3 is 5.97 Å². The lowest BCUT2D eigenvalue weighted by Gasteiger charge is -2.15. The molecule has 3 N–H and O–H groups in total. The summed E-state index contributed by atoms with van der Waals surface area (Å²) in [4.78, 5) is 10.9. The molecular weight excluding hydrogens is 290 g/mol. The van der Waals surface area contributed by atoms with Crippen LogP contribution >= 0.6 is 0 Å². The van der Waals surface area contributed by atoms with Crippen LogP contribution in [0.5, 0.6) is 11.5 Å². The molecule has 122 valence electrons. The van der Waals surface area contributed by atoms with Crippen molar-refractivity contribution in [3.05, 3.63) is 58.1 Å². The molecule has 0 bridgehead atoms. The molecule has 2 rings (SSSR count). The van der Waals surface area contributed by atoms with Gasteiger partial charge in [0.25, 0.3) is 0 Å². The predicted octanol–water partition coefficient (Wildman–Crippen LogP) is 3.67. The molecule has 23 heavy (non-hydrogen) atoms. The zero-order chi connectivity index (χ0) is 17.1. The summed E-state index contributed by atoms with van der Waals surface area (Å²) in [6, 6.07) is 9.09. The monoisotopic (exact) mass is 313 g/mol. The molecule has 0 radical (unpaired) electrons. The maximum absolute atomic E-state index is 10.9. The van der Waals surface area contributed by atoms with Crippen LogP contribution in [0, 0.1) is 27.7 Å². The van der Waals surface area contributed by atoms with Gasteiger partial charge in [0, 0.05) is 0 Å². The number of rotatable bonds is 5. The van der Waals surface area contributed by atoms with Gasteiger partial charge in [-0.1, -0.05) is 18.2 Å². The molecule has 0 saturated heterocycles. The highest BCUT2D eigenvalue weighted by Gasteiger charge is 2.15. The molecule has 0 spiro atoms. The second-order valence-corrected chi connectivity index (χ2v) is 6.13. The van der Waals surface area contributed by atoms with Crippen molar-refractivity contribution in [2.24, 2.45) is 5.73 Å². The zero-order valence-electron chi connectivity index (χ0n) is 14.0. The molecule has 0 aliphatic heterocycles. The van der Waals surface area contributed by atoms with Crippen molar-refractivity contribution in [3.8, 4) is 11.5 Å². The number of benzene rings is 2. The average molecular weight is 313 g/mol. The van der Waals surface area contributed by atoms with Crippen LogP contribution in [-0.2, 0) is 11.2 Å². The highest BCUT2D eigenvalue weighted by atomic mass is 16.5. The van der Waals surface area contributed by atoms with E-state index < -0.39 is 12.0 Å². The third-order valence-electron chi connectivity index (χ3n) is 3.71. The van der Waals surface area contributed by atoms with Gasteiger partial charge in [-0.05, 0) is 74.1 Å². The molecule has 1 atom stereocenters. The molecule has 4 heteroatoms. The van der Waals surface area contributed by atoms with Gasteiger partial charge in [-0.15, -0.1) is 0 Å².